The van der Waals surface area contributed by atoms with Crippen molar-refractivity contribution in [3.05, 3.63) is 54.2 Å². The van der Waals surface area contributed by atoms with Gasteiger partial charge in [0.1, 0.15) is 11.3 Å². The Bertz CT molecular complexity index is 659. The van der Waals surface area contributed by atoms with Gasteiger partial charge in [-0.05, 0) is 5.56 Å². The van der Waals surface area contributed by atoms with Crippen LogP contribution >= 0.6 is 0 Å². The van der Waals surface area contributed by atoms with E-state index in [0.29, 0.717) is 13.1 Å². The molecule has 0 bridgehead atoms. The lowest BCUT2D eigenvalue weighted by atomic mass is 10.1. The Hall–Kier alpha value is -2.27. The highest BCUT2D eigenvalue weighted by molar-refractivity contribution is 5.69. The molecule has 5 heteroatoms. The molecule has 0 fully saturated rings. The van der Waals surface area contributed by atoms with E-state index in [0.717, 1.165) is 17.0 Å². The molecule has 0 unspecified atom stereocenters. The fraction of sp³-hybridized carbons (Fsp3) is 0.154. The maximum atomic E-state index is 5.63. The topological polar surface area (TPSA) is 69.6 Å². The van der Waals surface area contributed by atoms with E-state index in [1.54, 1.807) is 12.5 Å². The molecular formula is C13H13N5. The molecule has 0 aliphatic heterocycles. The summed E-state index contributed by atoms with van der Waals surface area (Å²) in [6, 6.07) is 10.1. The van der Waals surface area contributed by atoms with Crippen LogP contribution in [0, 0.1) is 0 Å². The Kier molecular flexibility index (Phi) is 2.74. The molecular weight excluding hydrogens is 226 g/mol. The number of nitrogens with zero attached hydrogens (tertiary/aromatic N) is 4. The number of fused-ring (bicyclic) bond motifs is 1. The van der Waals surface area contributed by atoms with Crippen LogP contribution in [0.1, 0.15) is 11.4 Å². The van der Waals surface area contributed by atoms with Crippen LogP contribution < -0.4 is 5.73 Å². The first kappa shape index (κ1) is 10.9. The third-order valence-corrected chi connectivity index (χ3v) is 2.81. The molecule has 18 heavy (non-hydrogen) atoms. The number of hydrogen-bond acceptors (Lipinski definition) is 4. The minimum absolute atomic E-state index is 0.373. The smallest absolute Gasteiger partial charge is 0.164 e. The molecule has 0 aliphatic rings. The van der Waals surface area contributed by atoms with Crippen molar-refractivity contribution in [2.75, 3.05) is 0 Å². The number of benzene rings is 1. The summed E-state index contributed by atoms with van der Waals surface area (Å²) in [6.45, 7) is 0.373. The maximum Gasteiger partial charge on any atom is 0.164 e. The van der Waals surface area contributed by atoms with E-state index in [9.17, 15) is 0 Å². The summed E-state index contributed by atoms with van der Waals surface area (Å²) in [4.78, 5) is 13.0. The molecule has 0 saturated heterocycles. The Morgan fingerprint density at radius 1 is 1.11 bits per heavy atom. The van der Waals surface area contributed by atoms with Gasteiger partial charge in [0, 0.05) is 6.42 Å². The normalized spacial score (nSPS) is 10.9. The minimum Gasteiger partial charge on any atom is -0.314 e. The molecule has 0 atom stereocenters. The maximum absolute atomic E-state index is 5.63. The highest BCUT2D eigenvalue weighted by atomic mass is 15.1. The Morgan fingerprint density at radius 2 is 1.94 bits per heavy atom. The Labute approximate surface area is 104 Å². The van der Waals surface area contributed by atoms with E-state index in [1.165, 1.54) is 5.56 Å². The van der Waals surface area contributed by atoms with Crippen LogP contribution in [-0.2, 0) is 13.1 Å². The standard InChI is InChI=1S/C13H13N5/c14-8-18-9-16-11-7-15-12(17-13(11)18)6-10-4-2-1-3-5-10/h1-5,7,9H,6,8,14H2. The Balaban J connectivity index is 1.97. The summed E-state index contributed by atoms with van der Waals surface area (Å²) in [6.07, 6.45) is 4.14. The van der Waals surface area contributed by atoms with Crippen molar-refractivity contribution in [1.29, 1.82) is 0 Å². The molecule has 2 heterocycles. The second-order valence-electron chi connectivity index (χ2n) is 4.05. The zero-order valence-electron chi connectivity index (χ0n) is 9.82. The number of aromatic nitrogens is 4. The summed E-state index contributed by atoms with van der Waals surface area (Å²) >= 11 is 0. The first-order chi connectivity index (χ1) is 8.86. The predicted molar refractivity (Wildman–Crippen MR) is 68.8 cm³/mol. The molecule has 0 spiro atoms. The fourth-order valence-electron chi connectivity index (χ4n) is 1.89. The van der Waals surface area contributed by atoms with Crippen LogP contribution in [0.25, 0.3) is 11.2 Å². The van der Waals surface area contributed by atoms with Gasteiger partial charge in [0.05, 0.1) is 19.2 Å². The van der Waals surface area contributed by atoms with Crippen molar-refractivity contribution >= 4 is 11.2 Å². The van der Waals surface area contributed by atoms with Gasteiger partial charge in [-0.15, -0.1) is 0 Å². The third-order valence-electron chi connectivity index (χ3n) is 2.81. The number of imidazole rings is 1. The fourth-order valence-corrected chi connectivity index (χ4v) is 1.89. The molecule has 1 aromatic carbocycles. The van der Waals surface area contributed by atoms with Gasteiger partial charge in [0.25, 0.3) is 0 Å². The zero-order valence-corrected chi connectivity index (χ0v) is 9.82. The van der Waals surface area contributed by atoms with Crippen molar-refractivity contribution in [2.24, 2.45) is 5.73 Å². The highest BCUT2D eigenvalue weighted by Gasteiger charge is 2.06. The van der Waals surface area contributed by atoms with Crippen molar-refractivity contribution in [2.45, 2.75) is 13.1 Å². The third kappa shape index (κ3) is 1.96. The summed E-state index contributed by atoms with van der Waals surface area (Å²) in [5, 5.41) is 0. The quantitative estimate of drug-likeness (QED) is 0.748. The van der Waals surface area contributed by atoms with E-state index in [2.05, 4.69) is 27.1 Å². The highest BCUT2D eigenvalue weighted by Crippen LogP contribution is 2.11. The van der Waals surface area contributed by atoms with E-state index in [4.69, 9.17) is 5.73 Å². The first-order valence-corrected chi connectivity index (χ1v) is 5.77. The average molecular weight is 239 g/mol. The molecule has 0 radical (unpaired) electrons. The SMILES string of the molecule is NCn1cnc2cnc(Cc3ccccc3)nc21. The van der Waals surface area contributed by atoms with E-state index in [1.807, 2.05) is 22.8 Å². The van der Waals surface area contributed by atoms with Crippen molar-refractivity contribution < 1.29 is 0 Å². The summed E-state index contributed by atoms with van der Waals surface area (Å²) in [7, 11) is 0. The molecule has 0 saturated carbocycles. The van der Waals surface area contributed by atoms with Gasteiger partial charge in [-0.3, -0.25) is 0 Å². The predicted octanol–water partition coefficient (Wildman–Crippen LogP) is 1.33. The molecule has 3 aromatic rings. The van der Waals surface area contributed by atoms with Gasteiger partial charge in [-0.1, -0.05) is 30.3 Å². The van der Waals surface area contributed by atoms with Gasteiger partial charge in [0.2, 0.25) is 0 Å². The van der Waals surface area contributed by atoms with E-state index in [-0.39, 0.29) is 0 Å². The van der Waals surface area contributed by atoms with Gasteiger partial charge >= 0.3 is 0 Å². The van der Waals surface area contributed by atoms with Crippen LogP contribution in [0.2, 0.25) is 0 Å². The van der Waals surface area contributed by atoms with Crippen LogP contribution in [0.3, 0.4) is 0 Å². The number of nitrogens with two attached hydrogens (primary N) is 1. The van der Waals surface area contributed by atoms with Crippen molar-refractivity contribution in [1.82, 2.24) is 19.5 Å². The Morgan fingerprint density at radius 3 is 2.72 bits per heavy atom. The second kappa shape index (κ2) is 4.54. The zero-order chi connectivity index (χ0) is 12.4. The molecule has 0 aliphatic carbocycles. The summed E-state index contributed by atoms with van der Waals surface area (Å²) in [5.74, 6) is 0.781. The summed E-state index contributed by atoms with van der Waals surface area (Å²) in [5.41, 5.74) is 8.38. The monoisotopic (exact) mass is 239 g/mol. The van der Waals surface area contributed by atoms with Gasteiger partial charge in [-0.25, -0.2) is 15.0 Å². The lowest BCUT2D eigenvalue weighted by molar-refractivity contribution is 0.744. The largest absolute Gasteiger partial charge is 0.314 e. The minimum atomic E-state index is 0.373. The van der Waals surface area contributed by atoms with Crippen LogP contribution in [-0.4, -0.2) is 19.5 Å². The van der Waals surface area contributed by atoms with Crippen LogP contribution in [0.5, 0.6) is 0 Å². The molecule has 2 aromatic heterocycles. The molecule has 2 N–H and O–H groups in total. The molecule has 3 rings (SSSR count). The van der Waals surface area contributed by atoms with Crippen molar-refractivity contribution in [3.63, 3.8) is 0 Å². The first-order valence-electron chi connectivity index (χ1n) is 5.77. The summed E-state index contributed by atoms with van der Waals surface area (Å²) < 4.78 is 1.81. The van der Waals surface area contributed by atoms with E-state index >= 15 is 0 Å². The lowest BCUT2D eigenvalue weighted by Crippen LogP contribution is -2.07. The lowest BCUT2D eigenvalue weighted by Gasteiger charge is -2.02. The molecule has 0 amide bonds. The molecule has 5 nitrogen and oxygen atoms in total. The molecule has 90 valence electrons. The van der Waals surface area contributed by atoms with Gasteiger partial charge in [-0.2, -0.15) is 0 Å². The van der Waals surface area contributed by atoms with Crippen molar-refractivity contribution in [3.8, 4) is 0 Å². The number of rotatable bonds is 3. The van der Waals surface area contributed by atoms with Gasteiger partial charge < -0.3 is 10.3 Å². The van der Waals surface area contributed by atoms with Crippen LogP contribution in [0.15, 0.2) is 42.9 Å². The van der Waals surface area contributed by atoms with E-state index < -0.39 is 0 Å². The second-order valence-corrected chi connectivity index (χ2v) is 4.05. The van der Waals surface area contributed by atoms with Crippen LogP contribution in [0.4, 0.5) is 0 Å². The van der Waals surface area contributed by atoms with Gasteiger partial charge in [0.15, 0.2) is 5.65 Å². The average Bonchev–Trinajstić information content (AvgIpc) is 2.82. The number of hydrogen-bond donors (Lipinski definition) is 1.